The molecular formula is C15H13N3O5S. The normalized spacial score (nSPS) is 13.7. The van der Waals surface area contributed by atoms with Crippen molar-refractivity contribution in [3.8, 4) is 0 Å². The number of cyclic esters (lactones) is 1. The predicted molar refractivity (Wildman–Crippen MR) is 87.1 cm³/mol. The van der Waals surface area contributed by atoms with Gasteiger partial charge in [0.1, 0.15) is 6.61 Å². The standard InChI is InChI=1S/C15H13N3O5S/c19-14(12-5-6-13(24-12)18(21)22)16-11-3-1-10(2-4-11)9-17-7-8-23-15(17)20/h1-6H,7-9H2,(H,16,19). The number of nitrogens with zero attached hydrogens (tertiary/aromatic N) is 2. The molecule has 124 valence electrons. The second-order valence-corrected chi connectivity index (χ2v) is 6.14. The molecule has 24 heavy (non-hydrogen) atoms. The number of carbonyl (C=O) groups is 2. The molecule has 0 bridgehead atoms. The summed E-state index contributed by atoms with van der Waals surface area (Å²) in [4.78, 5) is 35.4. The van der Waals surface area contributed by atoms with Crippen molar-refractivity contribution in [2.75, 3.05) is 18.5 Å². The second kappa shape index (κ2) is 6.67. The number of carbonyl (C=O) groups excluding carboxylic acids is 2. The summed E-state index contributed by atoms with van der Waals surface area (Å²) in [5.41, 5.74) is 1.49. The molecule has 3 rings (SSSR count). The molecule has 0 unspecified atom stereocenters. The minimum absolute atomic E-state index is 0.0759. The van der Waals surface area contributed by atoms with E-state index in [1.807, 2.05) is 0 Å². The van der Waals surface area contributed by atoms with Crippen molar-refractivity contribution in [1.29, 1.82) is 0 Å². The van der Waals surface area contributed by atoms with Crippen molar-refractivity contribution in [3.05, 3.63) is 57.0 Å². The average Bonchev–Trinajstić information content (AvgIpc) is 3.19. The molecule has 1 aliphatic rings. The number of benzene rings is 1. The molecule has 1 saturated heterocycles. The zero-order valence-corrected chi connectivity index (χ0v) is 13.2. The van der Waals surface area contributed by atoms with Gasteiger partial charge in [0.05, 0.1) is 16.3 Å². The maximum atomic E-state index is 12.1. The highest BCUT2D eigenvalue weighted by Gasteiger charge is 2.21. The van der Waals surface area contributed by atoms with E-state index in [4.69, 9.17) is 4.74 Å². The van der Waals surface area contributed by atoms with E-state index in [1.165, 1.54) is 12.1 Å². The molecule has 1 N–H and O–H groups in total. The molecule has 1 aliphatic heterocycles. The fourth-order valence-corrected chi connectivity index (χ4v) is 2.94. The van der Waals surface area contributed by atoms with Crippen LogP contribution >= 0.6 is 11.3 Å². The van der Waals surface area contributed by atoms with Crippen LogP contribution < -0.4 is 5.32 Å². The van der Waals surface area contributed by atoms with Crippen LogP contribution in [0.3, 0.4) is 0 Å². The van der Waals surface area contributed by atoms with Gasteiger partial charge in [-0.2, -0.15) is 0 Å². The van der Waals surface area contributed by atoms with Gasteiger partial charge in [-0.15, -0.1) is 0 Å². The number of thiophene rings is 1. The summed E-state index contributed by atoms with van der Waals surface area (Å²) in [6.45, 7) is 1.42. The smallest absolute Gasteiger partial charge is 0.410 e. The lowest BCUT2D eigenvalue weighted by atomic mass is 10.2. The Balaban J connectivity index is 1.61. The molecule has 1 aromatic carbocycles. The lowest BCUT2D eigenvalue weighted by molar-refractivity contribution is -0.380. The third-order valence-electron chi connectivity index (χ3n) is 3.43. The number of hydrogen-bond acceptors (Lipinski definition) is 6. The van der Waals surface area contributed by atoms with E-state index in [9.17, 15) is 19.7 Å². The third-order valence-corrected chi connectivity index (χ3v) is 4.46. The first-order valence-electron chi connectivity index (χ1n) is 7.09. The highest BCUT2D eigenvalue weighted by atomic mass is 32.1. The van der Waals surface area contributed by atoms with Gasteiger partial charge in [-0.3, -0.25) is 14.9 Å². The molecule has 1 fully saturated rings. The van der Waals surface area contributed by atoms with Crippen LogP contribution in [0.1, 0.15) is 15.2 Å². The maximum Gasteiger partial charge on any atom is 0.410 e. The summed E-state index contributed by atoms with van der Waals surface area (Å²) in [7, 11) is 0. The molecule has 0 saturated carbocycles. The number of rotatable bonds is 5. The Kier molecular flexibility index (Phi) is 4.43. The topological polar surface area (TPSA) is 102 Å². The van der Waals surface area contributed by atoms with Crippen LogP contribution in [0.2, 0.25) is 0 Å². The predicted octanol–water partition coefficient (Wildman–Crippen LogP) is 2.86. The lowest BCUT2D eigenvalue weighted by Gasteiger charge is -2.12. The molecule has 0 radical (unpaired) electrons. The van der Waals surface area contributed by atoms with Gasteiger partial charge in [-0.05, 0) is 23.8 Å². The van der Waals surface area contributed by atoms with Crippen molar-refractivity contribution in [3.63, 3.8) is 0 Å². The van der Waals surface area contributed by atoms with Crippen LogP contribution in [-0.2, 0) is 11.3 Å². The zero-order valence-electron chi connectivity index (χ0n) is 12.4. The molecule has 2 amide bonds. The number of nitro groups is 1. The number of anilines is 1. The van der Waals surface area contributed by atoms with E-state index >= 15 is 0 Å². The minimum Gasteiger partial charge on any atom is -0.448 e. The van der Waals surface area contributed by atoms with E-state index in [1.54, 1.807) is 29.2 Å². The summed E-state index contributed by atoms with van der Waals surface area (Å²) in [6, 6.07) is 9.77. The Morgan fingerprint density at radius 3 is 2.62 bits per heavy atom. The Morgan fingerprint density at radius 2 is 2.04 bits per heavy atom. The summed E-state index contributed by atoms with van der Waals surface area (Å²) >= 11 is 0.824. The maximum absolute atomic E-state index is 12.1. The lowest BCUT2D eigenvalue weighted by Crippen LogP contribution is -2.23. The van der Waals surface area contributed by atoms with Crippen LogP contribution in [0, 0.1) is 10.1 Å². The van der Waals surface area contributed by atoms with Gasteiger partial charge in [0.2, 0.25) is 0 Å². The van der Waals surface area contributed by atoms with Crippen LogP contribution in [0.4, 0.5) is 15.5 Å². The molecule has 2 aromatic rings. The average molecular weight is 347 g/mol. The summed E-state index contributed by atoms with van der Waals surface area (Å²) < 4.78 is 4.87. The van der Waals surface area contributed by atoms with E-state index in [2.05, 4.69) is 5.32 Å². The van der Waals surface area contributed by atoms with Gasteiger partial charge >= 0.3 is 11.1 Å². The minimum atomic E-state index is -0.528. The molecule has 8 nitrogen and oxygen atoms in total. The Labute approximate surface area is 140 Å². The van der Waals surface area contributed by atoms with Crippen LogP contribution in [-0.4, -0.2) is 35.0 Å². The van der Waals surface area contributed by atoms with Crippen molar-refractivity contribution < 1.29 is 19.2 Å². The zero-order chi connectivity index (χ0) is 17.1. The van der Waals surface area contributed by atoms with Crippen LogP contribution in [0.5, 0.6) is 0 Å². The van der Waals surface area contributed by atoms with Crippen LogP contribution in [0.15, 0.2) is 36.4 Å². The van der Waals surface area contributed by atoms with Crippen molar-refractivity contribution in [2.45, 2.75) is 6.54 Å². The van der Waals surface area contributed by atoms with Gasteiger partial charge in [0, 0.05) is 18.3 Å². The van der Waals surface area contributed by atoms with E-state index in [-0.39, 0.29) is 16.0 Å². The van der Waals surface area contributed by atoms with Gasteiger partial charge in [0.15, 0.2) is 0 Å². The largest absolute Gasteiger partial charge is 0.448 e. The van der Waals surface area contributed by atoms with E-state index in [0.29, 0.717) is 25.4 Å². The summed E-state index contributed by atoms with van der Waals surface area (Å²) in [5.74, 6) is -0.399. The van der Waals surface area contributed by atoms with Gasteiger partial charge in [-0.1, -0.05) is 23.5 Å². The Morgan fingerprint density at radius 1 is 1.29 bits per heavy atom. The first-order valence-corrected chi connectivity index (χ1v) is 7.91. The molecule has 2 heterocycles. The van der Waals surface area contributed by atoms with Gasteiger partial charge in [0.25, 0.3) is 5.91 Å². The fraction of sp³-hybridized carbons (Fsp3) is 0.200. The quantitative estimate of drug-likeness (QED) is 0.662. The van der Waals surface area contributed by atoms with Gasteiger partial charge < -0.3 is 15.0 Å². The monoisotopic (exact) mass is 347 g/mol. The number of amides is 2. The molecular weight excluding hydrogens is 334 g/mol. The van der Waals surface area contributed by atoms with Crippen molar-refractivity contribution in [1.82, 2.24) is 4.90 Å². The number of hydrogen-bond donors (Lipinski definition) is 1. The highest BCUT2D eigenvalue weighted by molar-refractivity contribution is 7.17. The first-order chi connectivity index (χ1) is 11.5. The van der Waals surface area contributed by atoms with E-state index in [0.717, 1.165) is 16.9 Å². The summed E-state index contributed by atoms with van der Waals surface area (Å²) in [6.07, 6.45) is -0.327. The third kappa shape index (κ3) is 3.51. The molecule has 9 heteroatoms. The summed E-state index contributed by atoms with van der Waals surface area (Å²) in [5, 5.41) is 13.3. The van der Waals surface area contributed by atoms with Gasteiger partial charge in [-0.25, -0.2) is 4.79 Å². The Hall–Kier alpha value is -2.94. The number of nitrogens with one attached hydrogen (secondary N) is 1. The van der Waals surface area contributed by atoms with Crippen molar-refractivity contribution in [2.24, 2.45) is 0 Å². The molecule has 0 atom stereocenters. The molecule has 0 aliphatic carbocycles. The molecule has 1 aromatic heterocycles. The number of ether oxygens (including phenoxy) is 1. The van der Waals surface area contributed by atoms with Crippen molar-refractivity contribution >= 4 is 34.0 Å². The van der Waals surface area contributed by atoms with E-state index < -0.39 is 10.8 Å². The Bertz CT molecular complexity index is 787. The fourth-order valence-electron chi connectivity index (χ4n) is 2.22. The highest BCUT2D eigenvalue weighted by Crippen LogP contribution is 2.24. The second-order valence-electron chi connectivity index (χ2n) is 5.08. The first kappa shape index (κ1) is 15.9. The van der Waals surface area contributed by atoms with Crippen LogP contribution in [0.25, 0.3) is 0 Å². The molecule has 0 spiro atoms. The SMILES string of the molecule is O=C(Nc1ccc(CN2CCOC2=O)cc1)c1ccc([N+](=O)[O-])s1.